The van der Waals surface area contributed by atoms with E-state index in [0.717, 1.165) is 0 Å². The normalized spacial score (nSPS) is 9.94. The van der Waals surface area contributed by atoms with Crippen LogP contribution in [0.4, 0.5) is 0 Å². The summed E-state index contributed by atoms with van der Waals surface area (Å²) in [5, 5.41) is 2.64. The van der Waals surface area contributed by atoms with Gasteiger partial charge in [0.15, 0.2) is 0 Å². The molecule has 0 fully saturated rings. The number of methoxy groups -OCH3 is 1. The lowest BCUT2D eigenvalue weighted by molar-refractivity contribution is 0.185. The van der Waals surface area contributed by atoms with Gasteiger partial charge in [0.25, 0.3) is 0 Å². The molecule has 2 rings (SSSR count). The fourth-order valence-electron chi connectivity index (χ4n) is 1.88. The molecule has 1 heteroatoms. The van der Waals surface area contributed by atoms with Gasteiger partial charge in [0.05, 0.1) is 6.61 Å². The third-order valence-corrected chi connectivity index (χ3v) is 2.94. The number of fused-ring (bicyclic) bond motifs is 1. The van der Waals surface area contributed by atoms with E-state index in [2.05, 4.69) is 44.2 Å². The van der Waals surface area contributed by atoms with E-state index in [-0.39, 0.29) is 0 Å². The smallest absolute Gasteiger partial charge is 0.0713 e. The molecule has 0 amide bonds. The highest BCUT2D eigenvalue weighted by Crippen LogP contribution is 2.22. The summed E-state index contributed by atoms with van der Waals surface area (Å²) in [6.45, 7) is 9.01. The highest BCUT2D eigenvalue weighted by atomic mass is 16.5. The van der Waals surface area contributed by atoms with E-state index >= 15 is 0 Å². The topological polar surface area (TPSA) is 9.23 Å². The molecule has 0 saturated heterocycles. The van der Waals surface area contributed by atoms with E-state index in [1.807, 2.05) is 13.8 Å². The molecular weight excluding hydrogens is 208 g/mol. The predicted octanol–water partition coefficient (Wildman–Crippen LogP) is 4.63. The maximum Gasteiger partial charge on any atom is 0.0713 e. The van der Waals surface area contributed by atoms with Crippen LogP contribution in [0, 0.1) is 13.8 Å². The van der Waals surface area contributed by atoms with Crippen LogP contribution in [0.3, 0.4) is 0 Å². The Morgan fingerprint density at radius 1 is 1.00 bits per heavy atom. The summed E-state index contributed by atoms with van der Waals surface area (Å²) in [7, 11) is 1.73. The van der Waals surface area contributed by atoms with Crippen LogP contribution in [0.2, 0.25) is 0 Å². The molecule has 0 saturated carbocycles. The lowest BCUT2D eigenvalue weighted by Gasteiger charge is -2.07. The molecule has 0 aromatic heterocycles. The standard InChI is InChI=1S/C14H16O.C2H6/c1-10-4-6-13-7-5-12(9-15-3)8-14(13)11(10)2;1-2/h4-8H,9H2,1-3H3;1-2H3. The van der Waals surface area contributed by atoms with Crippen molar-refractivity contribution < 1.29 is 4.74 Å². The molecule has 0 bridgehead atoms. The molecule has 0 aliphatic carbocycles. The second-order valence-electron chi connectivity index (χ2n) is 4.00. The molecular formula is C16H22O. The Bertz CT molecular complexity index is 486. The Morgan fingerprint density at radius 3 is 2.29 bits per heavy atom. The first kappa shape index (κ1) is 13.7. The van der Waals surface area contributed by atoms with E-state index in [0.29, 0.717) is 6.61 Å². The Hall–Kier alpha value is -1.34. The van der Waals surface area contributed by atoms with Gasteiger partial charge in [-0.3, -0.25) is 0 Å². The number of hydrogen-bond donors (Lipinski definition) is 0. The first-order chi connectivity index (χ1) is 8.22. The molecule has 92 valence electrons. The van der Waals surface area contributed by atoms with Crippen LogP contribution in [0.5, 0.6) is 0 Å². The number of aryl methyl sites for hydroxylation is 2. The fourth-order valence-corrected chi connectivity index (χ4v) is 1.88. The van der Waals surface area contributed by atoms with Gasteiger partial charge in [-0.05, 0) is 47.4 Å². The van der Waals surface area contributed by atoms with E-state index in [1.165, 1.54) is 27.5 Å². The maximum absolute atomic E-state index is 5.15. The molecule has 0 aliphatic heterocycles. The number of hydrogen-bond acceptors (Lipinski definition) is 1. The summed E-state index contributed by atoms with van der Waals surface area (Å²) in [5.41, 5.74) is 3.95. The van der Waals surface area contributed by atoms with Crippen LogP contribution in [-0.4, -0.2) is 7.11 Å². The van der Waals surface area contributed by atoms with Crippen LogP contribution < -0.4 is 0 Å². The average molecular weight is 230 g/mol. The molecule has 0 aliphatic rings. The summed E-state index contributed by atoms with van der Waals surface area (Å²) >= 11 is 0. The minimum atomic E-state index is 0.684. The quantitative estimate of drug-likeness (QED) is 0.731. The molecule has 2 aromatic carbocycles. The van der Waals surface area contributed by atoms with Crippen molar-refractivity contribution in [3.8, 4) is 0 Å². The van der Waals surface area contributed by atoms with Crippen LogP contribution in [0.1, 0.15) is 30.5 Å². The van der Waals surface area contributed by atoms with Crippen LogP contribution in [-0.2, 0) is 11.3 Å². The van der Waals surface area contributed by atoms with Crippen LogP contribution in [0.15, 0.2) is 30.3 Å². The molecule has 0 heterocycles. The van der Waals surface area contributed by atoms with Gasteiger partial charge >= 0.3 is 0 Å². The van der Waals surface area contributed by atoms with E-state index in [9.17, 15) is 0 Å². The zero-order valence-electron chi connectivity index (χ0n) is 11.5. The summed E-state index contributed by atoms with van der Waals surface area (Å²) in [6.07, 6.45) is 0. The van der Waals surface area contributed by atoms with Crippen LogP contribution in [0.25, 0.3) is 10.8 Å². The molecule has 0 radical (unpaired) electrons. The summed E-state index contributed by atoms with van der Waals surface area (Å²) in [6, 6.07) is 10.9. The molecule has 0 spiro atoms. The van der Waals surface area contributed by atoms with Crippen molar-refractivity contribution in [1.82, 2.24) is 0 Å². The maximum atomic E-state index is 5.15. The van der Waals surface area contributed by atoms with Crippen molar-refractivity contribution in [3.05, 3.63) is 47.0 Å². The van der Waals surface area contributed by atoms with E-state index in [1.54, 1.807) is 7.11 Å². The first-order valence-electron chi connectivity index (χ1n) is 6.20. The lowest BCUT2D eigenvalue weighted by Crippen LogP contribution is -1.89. The van der Waals surface area contributed by atoms with Gasteiger partial charge in [0.2, 0.25) is 0 Å². The highest BCUT2D eigenvalue weighted by molar-refractivity contribution is 5.87. The van der Waals surface area contributed by atoms with Gasteiger partial charge in [-0.25, -0.2) is 0 Å². The third kappa shape index (κ3) is 3.07. The Morgan fingerprint density at radius 2 is 1.65 bits per heavy atom. The monoisotopic (exact) mass is 230 g/mol. The highest BCUT2D eigenvalue weighted by Gasteiger charge is 2.01. The molecule has 0 unspecified atom stereocenters. The fraction of sp³-hybridized carbons (Fsp3) is 0.375. The second kappa shape index (κ2) is 6.41. The first-order valence-corrected chi connectivity index (χ1v) is 6.20. The molecule has 0 atom stereocenters. The van der Waals surface area contributed by atoms with Gasteiger partial charge in [-0.15, -0.1) is 0 Å². The van der Waals surface area contributed by atoms with Gasteiger partial charge in [-0.2, -0.15) is 0 Å². The Kier molecular flexibility index (Phi) is 5.17. The number of rotatable bonds is 2. The Labute approximate surface area is 104 Å². The molecule has 17 heavy (non-hydrogen) atoms. The van der Waals surface area contributed by atoms with E-state index in [4.69, 9.17) is 4.74 Å². The zero-order valence-corrected chi connectivity index (χ0v) is 11.5. The predicted molar refractivity (Wildman–Crippen MR) is 75.5 cm³/mol. The number of ether oxygens (including phenoxy) is 1. The molecule has 2 aromatic rings. The van der Waals surface area contributed by atoms with Crippen molar-refractivity contribution in [2.24, 2.45) is 0 Å². The van der Waals surface area contributed by atoms with Gasteiger partial charge < -0.3 is 4.74 Å². The van der Waals surface area contributed by atoms with Crippen molar-refractivity contribution >= 4 is 10.8 Å². The Balaban J connectivity index is 0.000000686. The zero-order chi connectivity index (χ0) is 12.8. The number of benzene rings is 2. The van der Waals surface area contributed by atoms with Crippen LogP contribution >= 0.6 is 0 Å². The minimum Gasteiger partial charge on any atom is -0.380 e. The summed E-state index contributed by atoms with van der Waals surface area (Å²) in [5.74, 6) is 0. The lowest BCUT2D eigenvalue weighted by atomic mass is 9.99. The summed E-state index contributed by atoms with van der Waals surface area (Å²) < 4.78 is 5.15. The molecule has 1 nitrogen and oxygen atoms in total. The van der Waals surface area contributed by atoms with Gasteiger partial charge in [0, 0.05) is 7.11 Å². The average Bonchev–Trinajstić information content (AvgIpc) is 2.37. The van der Waals surface area contributed by atoms with Crippen molar-refractivity contribution in [3.63, 3.8) is 0 Å². The van der Waals surface area contributed by atoms with Gasteiger partial charge in [0.1, 0.15) is 0 Å². The minimum absolute atomic E-state index is 0.684. The third-order valence-electron chi connectivity index (χ3n) is 2.94. The second-order valence-corrected chi connectivity index (χ2v) is 4.00. The largest absolute Gasteiger partial charge is 0.380 e. The SMILES string of the molecule is CC.COCc1ccc2ccc(C)c(C)c2c1. The van der Waals surface area contributed by atoms with Crippen molar-refractivity contribution in [2.75, 3.05) is 7.11 Å². The van der Waals surface area contributed by atoms with Gasteiger partial charge in [-0.1, -0.05) is 38.1 Å². The van der Waals surface area contributed by atoms with Crippen molar-refractivity contribution in [2.45, 2.75) is 34.3 Å². The molecule has 0 N–H and O–H groups in total. The van der Waals surface area contributed by atoms with E-state index < -0.39 is 0 Å². The van der Waals surface area contributed by atoms with Crippen molar-refractivity contribution in [1.29, 1.82) is 0 Å². The summed E-state index contributed by atoms with van der Waals surface area (Å²) in [4.78, 5) is 0.